The van der Waals surface area contributed by atoms with Crippen molar-refractivity contribution in [3.63, 3.8) is 0 Å². The van der Waals surface area contributed by atoms with Crippen molar-refractivity contribution < 1.29 is 33.2 Å². The lowest BCUT2D eigenvalue weighted by atomic mass is 9.94. The van der Waals surface area contributed by atoms with Gasteiger partial charge in [-0.15, -0.1) is 0 Å². The molecule has 3 aliphatic heterocycles. The fourth-order valence-corrected chi connectivity index (χ4v) is 6.82. The first-order chi connectivity index (χ1) is 18.0. The Morgan fingerprint density at radius 2 is 1.59 bits per heavy atom. The van der Waals surface area contributed by atoms with Crippen molar-refractivity contribution in [1.82, 2.24) is 0 Å². The minimum atomic E-state index is -0.601. The summed E-state index contributed by atoms with van der Waals surface area (Å²) in [5.41, 5.74) is 0.858. The molecule has 5 fully saturated rings. The van der Waals surface area contributed by atoms with Crippen LogP contribution in [0.4, 0.5) is 5.69 Å². The number of carbonyl (C=O) groups is 1. The summed E-state index contributed by atoms with van der Waals surface area (Å²) in [7, 11) is 0. The van der Waals surface area contributed by atoms with Gasteiger partial charge in [0, 0.05) is 37.4 Å². The van der Waals surface area contributed by atoms with Gasteiger partial charge >= 0.3 is 0 Å². The van der Waals surface area contributed by atoms with E-state index in [1.54, 1.807) is 4.90 Å². The molecule has 2 saturated carbocycles. The molecule has 0 bridgehead atoms. The van der Waals surface area contributed by atoms with Crippen LogP contribution in [0.25, 0.3) is 0 Å². The fourth-order valence-electron chi connectivity index (χ4n) is 6.82. The second-order valence-electron chi connectivity index (χ2n) is 11.5. The van der Waals surface area contributed by atoms with Crippen molar-refractivity contribution in [3.05, 3.63) is 30.3 Å². The third kappa shape index (κ3) is 5.09. The zero-order valence-electron chi connectivity index (χ0n) is 22.1. The average Bonchev–Trinajstić information content (AvgIpc) is 3.55. The Balaban J connectivity index is 1.19. The van der Waals surface area contributed by atoms with Gasteiger partial charge in [-0.25, -0.2) is 0 Å². The minimum absolute atomic E-state index is 0.00355. The molecule has 3 heterocycles. The second-order valence-corrected chi connectivity index (χ2v) is 11.5. The van der Waals surface area contributed by atoms with Crippen LogP contribution in [0.3, 0.4) is 0 Å². The highest BCUT2D eigenvalue weighted by Crippen LogP contribution is 2.48. The van der Waals surface area contributed by atoms with E-state index in [1.165, 1.54) is 12.8 Å². The molecular weight excluding hydrogens is 474 g/mol. The molecule has 204 valence electrons. The number of anilines is 1. The monoisotopic (exact) mass is 515 g/mol. The molecule has 8 nitrogen and oxygen atoms in total. The summed E-state index contributed by atoms with van der Waals surface area (Å²) in [5, 5.41) is 0. The van der Waals surface area contributed by atoms with Crippen molar-refractivity contribution in [2.75, 3.05) is 18.1 Å². The van der Waals surface area contributed by atoms with Gasteiger partial charge < -0.3 is 33.3 Å². The number of fused-ring (bicyclic) bond motifs is 1. The molecule has 2 spiro atoms. The van der Waals surface area contributed by atoms with Crippen LogP contribution in [0.2, 0.25) is 0 Å². The van der Waals surface area contributed by atoms with Gasteiger partial charge in [-0.1, -0.05) is 31.0 Å². The number of ether oxygens (including phenoxy) is 6. The van der Waals surface area contributed by atoms with Crippen molar-refractivity contribution >= 4 is 11.6 Å². The summed E-state index contributed by atoms with van der Waals surface area (Å²) in [6, 6.07) is 9.72. The molecule has 0 radical (unpaired) electrons. The first-order valence-electron chi connectivity index (χ1n) is 14.3. The topological polar surface area (TPSA) is 75.7 Å². The average molecular weight is 516 g/mol. The molecule has 1 amide bonds. The molecule has 2 aliphatic carbocycles. The van der Waals surface area contributed by atoms with Crippen LogP contribution in [-0.2, 0) is 33.2 Å². The van der Waals surface area contributed by atoms with Gasteiger partial charge in [0.05, 0.1) is 6.61 Å². The Kier molecular flexibility index (Phi) is 7.33. The van der Waals surface area contributed by atoms with E-state index in [4.69, 9.17) is 28.4 Å². The van der Waals surface area contributed by atoms with Crippen LogP contribution in [0.15, 0.2) is 30.3 Å². The van der Waals surface area contributed by atoms with Gasteiger partial charge in [-0.3, -0.25) is 4.79 Å². The Labute approximate surface area is 219 Å². The molecule has 37 heavy (non-hydrogen) atoms. The number of amides is 1. The van der Waals surface area contributed by atoms with Crippen LogP contribution in [0, 0.1) is 0 Å². The molecule has 1 aromatic carbocycles. The highest BCUT2D eigenvalue weighted by Gasteiger charge is 2.61. The summed E-state index contributed by atoms with van der Waals surface area (Å²) in [6.07, 6.45) is 8.22. The Morgan fingerprint density at radius 1 is 0.919 bits per heavy atom. The first-order valence-corrected chi connectivity index (χ1v) is 14.3. The zero-order chi connectivity index (χ0) is 25.5. The maximum Gasteiger partial charge on any atom is 0.253 e. The number of hydrogen-bond donors (Lipinski definition) is 0. The highest BCUT2D eigenvalue weighted by molar-refractivity contribution is 5.94. The van der Waals surface area contributed by atoms with Gasteiger partial charge in [-0.2, -0.15) is 0 Å². The number of hydrogen-bond acceptors (Lipinski definition) is 7. The van der Waals surface area contributed by atoms with E-state index in [-0.39, 0.29) is 24.7 Å². The van der Waals surface area contributed by atoms with E-state index in [0.29, 0.717) is 6.61 Å². The molecule has 1 aromatic rings. The molecule has 0 unspecified atom stereocenters. The SMILES string of the molecule is CC(C)N(C(=O)CO[C@H]1[C@@H]2OC3(CCCCC3)O[C@H]2O[C@H]1[C@@H]1COC2(CCCCC2)O1)c1ccccc1. The summed E-state index contributed by atoms with van der Waals surface area (Å²) >= 11 is 0. The standard InChI is InChI=1S/C29H41NO7/c1-20(2)30(21-12-6-3-7-13-21)23(31)19-32-25-24(22-18-33-28(35-22)14-8-4-9-15-28)34-27-26(25)36-29(37-27)16-10-5-11-17-29/h3,6-7,12-13,20,22,24-27H,4-5,8-11,14-19H2,1-2H3/t22-,24-,25+,26-,27+/m0/s1. The van der Waals surface area contributed by atoms with E-state index in [1.807, 2.05) is 44.2 Å². The largest absolute Gasteiger partial charge is 0.363 e. The third-order valence-electron chi connectivity index (χ3n) is 8.58. The van der Waals surface area contributed by atoms with Crippen molar-refractivity contribution in [3.8, 4) is 0 Å². The van der Waals surface area contributed by atoms with E-state index >= 15 is 0 Å². The molecule has 5 aliphatic rings. The predicted octanol–water partition coefficient (Wildman–Crippen LogP) is 4.69. The van der Waals surface area contributed by atoms with Crippen LogP contribution in [0.1, 0.15) is 78.1 Å². The van der Waals surface area contributed by atoms with E-state index in [9.17, 15) is 4.79 Å². The quantitative estimate of drug-likeness (QED) is 0.544. The van der Waals surface area contributed by atoms with Gasteiger partial charge in [0.2, 0.25) is 0 Å². The van der Waals surface area contributed by atoms with Crippen molar-refractivity contribution in [2.45, 2.75) is 126 Å². The van der Waals surface area contributed by atoms with Crippen molar-refractivity contribution in [1.29, 1.82) is 0 Å². The molecular formula is C29H41NO7. The number of nitrogens with zero attached hydrogens (tertiary/aromatic N) is 1. The van der Waals surface area contributed by atoms with Crippen molar-refractivity contribution in [2.24, 2.45) is 0 Å². The highest BCUT2D eigenvalue weighted by atomic mass is 16.9. The van der Waals surface area contributed by atoms with Gasteiger partial charge in [0.1, 0.15) is 31.0 Å². The minimum Gasteiger partial charge on any atom is -0.363 e. The molecule has 8 heteroatoms. The van der Waals surface area contributed by atoms with Gasteiger partial charge in [0.25, 0.3) is 5.91 Å². The second kappa shape index (κ2) is 10.5. The Bertz CT molecular complexity index is 927. The summed E-state index contributed by atoms with van der Waals surface area (Å²) in [5.74, 6) is -1.21. The van der Waals surface area contributed by atoms with Crippen LogP contribution >= 0.6 is 0 Å². The molecule has 3 saturated heterocycles. The first kappa shape index (κ1) is 25.7. The summed E-state index contributed by atoms with van der Waals surface area (Å²) in [4.78, 5) is 15.2. The number of para-hydroxylation sites is 1. The number of carbonyl (C=O) groups excluding carboxylic acids is 1. The Hall–Kier alpha value is -1.55. The lowest BCUT2D eigenvalue weighted by Gasteiger charge is -2.36. The smallest absolute Gasteiger partial charge is 0.253 e. The maximum atomic E-state index is 13.4. The summed E-state index contributed by atoms with van der Waals surface area (Å²) in [6.45, 7) is 4.40. The summed E-state index contributed by atoms with van der Waals surface area (Å²) < 4.78 is 38.6. The Morgan fingerprint density at radius 3 is 2.27 bits per heavy atom. The van der Waals surface area contributed by atoms with Crippen LogP contribution in [0.5, 0.6) is 0 Å². The van der Waals surface area contributed by atoms with Gasteiger partial charge in [-0.05, 0) is 51.7 Å². The van der Waals surface area contributed by atoms with Gasteiger partial charge in [0.15, 0.2) is 17.9 Å². The van der Waals surface area contributed by atoms with Crippen LogP contribution < -0.4 is 4.90 Å². The lowest BCUT2D eigenvalue weighted by Crippen LogP contribution is -2.47. The number of rotatable bonds is 6. The maximum absolute atomic E-state index is 13.4. The van der Waals surface area contributed by atoms with E-state index in [0.717, 1.165) is 57.1 Å². The van der Waals surface area contributed by atoms with E-state index in [2.05, 4.69) is 0 Å². The molecule has 5 atom stereocenters. The third-order valence-corrected chi connectivity index (χ3v) is 8.58. The predicted molar refractivity (Wildman–Crippen MR) is 136 cm³/mol. The number of benzene rings is 1. The fraction of sp³-hybridized carbons (Fsp3) is 0.759. The zero-order valence-corrected chi connectivity index (χ0v) is 22.1. The molecule has 0 N–H and O–H groups in total. The molecule has 6 rings (SSSR count). The lowest BCUT2D eigenvalue weighted by molar-refractivity contribution is -0.262. The normalized spacial score (nSPS) is 34.3. The van der Waals surface area contributed by atoms with Crippen LogP contribution in [-0.4, -0.2) is 67.4 Å². The molecule has 0 aromatic heterocycles. The van der Waals surface area contributed by atoms with E-state index < -0.39 is 36.2 Å².